The molecule has 0 radical (unpaired) electrons. The van der Waals surface area contributed by atoms with Crippen LogP contribution in [0, 0.1) is 6.92 Å². The third kappa shape index (κ3) is 4.30. The van der Waals surface area contributed by atoms with Crippen LogP contribution in [0.15, 0.2) is 59.1 Å². The molecule has 1 aliphatic rings. The minimum Gasteiger partial charge on any atom is -0.495 e. The van der Waals surface area contributed by atoms with Gasteiger partial charge in [0.05, 0.1) is 24.5 Å². The molecule has 3 heterocycles. The molecule has 0 spiro atoms. The van der Waals surface area contributed by atoms with Gasteiger partial charge in [0.15, 0.2) is 5.11 Å². The summed E-state index contributed by atoms with van der Waals surface area (Å²) in [4.78, 5) is 18.6. The van der Waals surface area contributed by atoms with E-state index in [4.69, 9.17) is 26.1 Å². The number of carbonyl (C=O) groups excluding carboxylic acids is 1. The van der Waals surface area contributed by atoms with Crippen LogP contribution in [0.25, 0.3) is 0 Å². The summed E-state index contributed by atoms with van der Waals surface area (Å²) in [5, 5.41) is 6.74. The molecule has 1 fully saturated rings. The normalized spacial score (nSPS) is 17.8. The molecule has 1 aliphatic heterocycles. The molecule has 0 bridgehead atoms. The van der Waals surface area contributed by atoms with Gasteiger partial charge in [0.2, 0.25) is 5.91 Å². The number of nitrogens with one attached hydrogen (secondary N) is 2. The Kier molecular flexibility index (Phi) is 6.38. The molecular weight excluding hydrogens is 428 g/mol. The number of pyridine rings is 1. The maximum atomic E-state index is 12.1. The highest BCUT2D eigenvalue weighted by molar-refractivity contribution is 7.80. The molecule has 2 aromatic heterocycles. The average Bonchev–Trinajstić information content (AvgIpc) is 3.37. The predicted molar refractivity (Wildman–Crippen MR) is 125 cm³/mol. The van der Waals surface area contributed by atoms with Crippen molar-refractivity contribution in [2.24, 2.45) is 0 Å². The number of carbonyl (C=O) groups is 1. The van der Waals surface area contributed by atoms with Gasteiger partial charge in [-0.1, -0.05) is 6.07 Å². The van der Waals surface area contributed by atoms with Crippen molar-refractivity contribution >= 4 is 34.6 Å². The number of anilines is 2. The molecule has 2 atom stereocenters. The second-order valence-electron chi connectivity index (χ2n) is 7.31. The summed E-state index contributed by atoms with van der Waals surface area (Å²) in [5.74, 6) is 1.81. The summed E-state index contributed by atoms with van der Waals surface area (Å²) < 4.78 is 16.4. The Balaban J connectivity index is 1.77. The molecule has 1 amide bonds. The number of furan rings is 1. The van der Waals surface area contributed by atoms with Crippen LogP contribution >= 0.6 is 12.2 Å². The van der Waals surface area contributed by atoms with E-state index in [0.29, 0.717) is 16.5 Å². The van der Waals surface area contributed by atoms with Crippen LogP contribution in [0.4, 0.5) is 11.4 Å². The Hall–Kier alpha value is -3.43. The third-order valence-electron chi connectivity index (χ3n) is 5.16. The van der Waals surface area contributed by atoms with Crippen molar-refractivity contribution in [2.45, 2.75) is 19.0 Å². The molecule has 166 valence electrons. The monoisotopic (exact) mass is 452 g/mol. The molecule has 9 heteroatoms. The second kappa shape index (κ2) is 9.37. The van der Waals surface area contributed by atoms with Crippen molar-refractivity contribution in [3.63, 3.8) is 0 Å². The van der Waals surface area contributed by atoms with E-state index in [9.17, 15) is 4.79 Å². The van der Waals surface area contributed by atoms with Crippen LogP contribution in [-0.4, -0.2) is 36.8 Å². The zero-order valence-electron chi connectivity index (χ0n) is 18.0. The van der Waals surface area contributed by atoms with Crippen molar-refractivity contribution in [1.29, 1.82) is 0 Å². The van der Waals surface area contributed by atoms with E-state index in [0.717, 1.165) is 22.9 Å². The van der Waals surface area contributed by atoms with Gasteiger partial charge in [0.1, 0.15) is 29.9 Å². The first-order valence-electron chi connectivity index (χ1n) is 10.1. The zero-order chi connectivity index (χ0) is 22.7. The fourth-order valence-electron chi connectivity index (χ4n) is 3.80. The number of amides is 1. The minimum absolute atomic E-state index is 0.0624. The van der Waals surface area contributed by atoms with E-state index >= 15 is 0 Å². The minimum atomic E-state index is -0.283. The maximum Gasteiger partial charge on any atom is 0.250 e. The first-order valence-corrected chi connectivity index (χ1v) is 10.5. The highest BCUT2D eigenvalue weighted by atomic mass is 32.1. The van der Waals surface area contributed by atoms with Gasteiger partial charge >= 0.3 is 0 Å². The number of benzene rings is 1. The lowest BCUT2D eigenvalue weighted by atomic mass is 10.0. The van der Waals surface area contributed by atoms with E-state index < -0.39 is 0 Å². The van der Waals surface area contributed by atoms with E-state index in [1.54, 1.807) is 19.4 Å². The van der Waals surface area contributed by atoms with Gasteiger partial charge in [0, 0.05) is 19.0 Å². The highest BCUT2D eigenvalue weighted by Crippen LogP contribution is 2.43. The number of aryl methyl sites for hydroxylation is 1. The Morgan fingerprint density at radius 3 is 2.75 bits per heavy atom. The van der Waals surface area contributed by atoms with Gasteiger partial charge in [-0.3, -0.25) is 9.78 Å². The Bertz CT molecular complexity index is 1120. The summed E-state index contributed by atoms with van der Waals surface area (Å²) in [5.41, 5.74) is 2.14. The van der Waals surface area contributed by atoms with E-state index in [1.165, 1.54) is 7.11 Å². The molecule has 3 aromatic rings. The van der Waals surface area contributed by atoms with Crippen LogP contribution in [0.2, 0.25) is 0 Å². The van der Waals surface area contributed by atoms with Crippen LogP contribution in [-0.2, 0) is 9.53 Å². The number of ether oxygens (including phenoxy) is 2. The van der Waals surface area contributed by atoms with Gasteiger partial charge < -0.3 is 29.4 Å². The zero-order valence-corrected chi connectivity index (χ0v) is 18.8. The number of methoxy groups -OCH3 is 2. The van der Waals surface area contributed by atoms with Crippen molar-refractivity contribution in [2.75, 3.05) is 31.0 Å². The van der Waals surface area contributed by atoms with E-state index in [-0.39, 0.29) is 24.6 Å². The Labute approximate surface area is 191 Å². The summed E-state index contributed by atoms with van der Waals surface area (Å²) in [7, 11) is 3.02. The van der Waals surface area contributed by atoms with Crippen LogP contribution in [0.3, 0.4) is 0 Å². The van der Waals surface area contributed by atoms with Gasteiger partial charge in [-0.25, -0.2) is 0 Å². The first kappa shape index (κ1) is 21.8. The van der Waals surface area contributed by atoms with Gasteiger partial charge in [-0.2, -0.15) is 0 Å². The predicted octanol–water partition coefficient (Wildman–Crippen LogP) is 3.75. The maximum absolute atomic E-state index is 12.1. The van der Waals surface area contributed by atoms with Crippen molar-refractivity contribution in [3.05, 3.63) is 71.9 Å². The highest BCUT2D eigenvalue weighted by Gasteiger charge is 2.42. The molecule has 4 rings (SSSR count). The van der Waals surface area contributed by atoms with Crippen LogP contribution < -0.4 is 20.3 Å². The third-order valence-corrected chi connectivity index (χ3v) is 5.48. The smallest absolute Gasteiger partial charge is 0.250 e. The molecule has 8 nitrogen and oxygen atoms in total. The Morgan fingerprint density at radius 2 is 2.09 bits per heavy atom. The lowest BCUT2D eigenvalue weighted by Crippen LogP contribution is -2.29. The number of aromatic nitrogens is 1. The molecule has 2 N–H and O–H groups in total. The quantitative estimate of drug-likeness (QED) is 0.524. The lowest BCUT2D eigenvalue weighted by molar-refractivity contribution is -0.119. The van der Waals surface area contributed by atoms with E-state index in [2.05, 4.69) is 15.6 Å². The molecule has 0 unspecified atom stereocenters. The van der Waals surface area contributed by atoms with Crippen molar-refractivity contribution in [1.82, 2.24) is 10.3 Å². The van der Waals surface area contributed by atoms with Gasteiger partial charge in [0.25, 0.3) is 0 Å². The topological polar surface area (TPSA) is 88.9 Å². The molecule has 32 heavy (non-hydrogen) atoms. The molecular formula is C23H24N4O4S. The van der Waals surface area contributed by atoms with Crippen LogP contribution in [0.1, 0.15) is 29.3 Å². The SMILES string of the molecule is COCC(=O)Nc1cc(N2C(=S)N[C@@H](c3ccccn3)[C@@H]2c2ccc(C)o2)ccc1OC. The van der Waals surface area contributed by atoms with Gasteiger partial charge in [-0.05, 0) is 61.6 Å². The summed E-state index contributed by atoms with van der Waals surface area (Å²) in [6.07, 6.45) is 1.75. The number of rotatable bonds is 7. The number of nitrogens with zero attached hydrogens (tertiary/aromatic N) is 2. The molecule has 0 saturated carbocycles. The van der Waals surface area contributed by atoms with Gasteiger partial charge in [-0.15, -0.1) is 0 Å². The number of thiocarbonyl (C=S) groups is 1. The summed E-state index contributed by atoms with van der Waals surface area (Å²) in [6, 6.07) is 14.7. The fourth-order valence-corrected chi connectivity index (χ4v) is 4.14. The first-order chi connectivity index (χ1) is 15.5. The van der Waals surface area contributed by atoms with Crippen molar-refractivity contribution in [3.8, 4) is 5.75 Å². The fraction of sp³-hybridized carbons (Fsp3) is 0.261. The largest absolute Gasteiger partial charge is 0.495 e. The van der Waals surface area contributed by atoms with E-state index in [1.807, 2.05) is 54.3 Å². The van der Waals surface area contributed by atoms with Crippen LogP contribution in [0.5, 0.6) is 5.75 Å². The molecule has 1 aromatic carbocycles. The summed E-state index contributed by atoms with van der Waals surface area (Å²) in [6.45, 7) is 1.84. The lowest BCUT2D eigenvalue weighted by Gasteiger charge is -2.27. The average molecular weight is 453 g/mol. The van der Waals surface area contributed by atoms with Crippen molar-refractivity contribution < 1.29 is 18.7 Å². The number of hydrogen-bond acceptors (Lipinski definition) is 6. The standard InChI is InChI=1S/C23H24N4O4S/c1-14-7-9-19(31-14)22-21(16-6-4-5-11-24-16)26-23(32)27(22)15-8-10-18(30-3)17(12-15)25-20(28)13-29-2/h4-12,21-22H,13H2,1-3H3,(H,25,28)(H,26,32)/t21-,22-/m0/s1. The molecule has 0 aliphatic carbocycles. The summed E-state index contributed by atoms with van der Waals surface area (Å²) >= 11 is 5.72. The molecule has 1 saturated heterocycles. The Morgan fingerprint density at radius 1 is 1.25 bits per heavy atom. The second-order valence-corrected chi connectivity index (χ2v) is 7.70. The number of hydrogen-bond donors (Lipinski definition) is 2.